The average molecular weight is 448 g/mol. The molecule has 0 aliphatic rings. The molecule has 0 saturated carbocycles. The Kier molecular flexibility index (Phi) is 9.51. The van der Waals surface area contributed by atoms with Crippen LogP contribution in [0.5, 0.6) is 0 Å². The molecule has 0 radical (unpaired) electrons. The van der Waals surface area contributed by atoms with Gasteiger partial charge in [-0.15, -0.1) is 0 Å². The fourth-order valence-electron chi connectivity index (χ4n) is 4.54. The smallest absolute Gasteiger partial charge is 0.0702 e. The summed E-state index contributed by atoms with van der Waals surface area (Å²) in [5.41, 5.74) is 7.95. The van der Waals surface area contributed by atoms with Gasteiger partial charge in [0.1, 0.15) is 0 Å². The molecule has 3 aromatic carbocycles. The molecule has 0 aliphatic heterocycles. The van der Waals surface area contributed by atoms with Gasteiger partial charge in [-0.2, -0.15) is 0 Å². The zero-order valence-electron chi connectivity index (χ0n) is 20.3. The molecule has 1 heterocycles. The van der Waals surface area contributed by atoms with Gasteiger partial charge in [0, 0.05) is 11.8 Å². The van der Waals surface area contributed by atoms with Gasteiger partial charge in [0.25, 0.3) is 0 Å². The lowest BCUT2D eigenvalue weighted by Crippen LogP contribution is -1.92. The van der Waals surface area contributed by atoms with Gasteiger partial charge in [-0.1, -0.05) is 104 Å². The first-order valence-corrected chi connectivity index (χ1v) is 13.0. The predicted molar refractivity (Wildman–Crippen MR) is 145 cm³/mol. The lowest BCUT2D eigenvalue weighted by molar-refractivity contribution is 0.677. The minimum Gasteiger partial charge on any atom is -0.256 e. The molecule has 0 amide bonds. The number of hydrogen-bond donors (Lipinski definition) is 0. The van der Waals surface area contributed by atoms with Gasteiger partial charge in [0.2, 0.25) is 0 Å². The van der Waals surface area contributed by atoms with Gasteiger partial charge in [-0.3, -0.25) is 4.98 Å². The van der Waals surface area contributed by atoms with Crippen LogP contribution in [0.2, 0.25) is 0 Å². The van der Waals surface area contributed by atoms with Crippen molar-refractivity contribution in [3.8, 4) is 11.3 Å². The van der Waals surface area contributed by atoms with Crippen LogP contribution in [0.4, 0.5) is 0 Å². The van der Waals surface area contributed by atoms with Gasteiger partial charge in [-0.05, 0) is 79.7 Å². The maximum atomic E-state index is 4.74. The topological polar surface area (TPSA) is 12.9 Å². The van der Waals surface area contributed by atoms with Crippen LogP contribution in [-0.4, -0.2) is 4.98 Å². The lowest BCUT2D eigenvalue weighted by atomic mass is 10.0. The molecule has 0 bridgehead atoms. The van der Waals surface area contributed by atoms with Crippen LogP contribution in [0, 0.1) is 0 Å². The molecule has 0 atom stereocenters. The van der Waals surface area contributed by atoms with Crippen LogP contribution in [0.3, 0.4) is 0 Å². The molecule has 174 valence electrons. The largest absolute Gasteiger partial charge is 0.256 e. The highest BCUT2D eigenvalue weighted by molar-refractivity contribution is 5.59. The Morgan fingerprint density at radius 2 is 0.824 bits per heavy atom. The van der Waals surface area contributed by atoms with Gasteiger partial charge in [-0.25, -0.2) is 0 Å². The van der Waals surface area contributed by atoms with E-state index in [9.17, 15) is 0 Å². The SMILES string of the molecule is c1ccc(CCCCCc2ccc(-c3ccc(CCCCCc4ccccc4)cn3)cc2)cc1. The van der Waals surface area contributed by atoms with Crippen molar-refractivity contribution in [1.29, 1.82) is 0 Å². The Morgan fingerprint density at radius 3 is 1.29 bits per heavy atom. The van der Waals surface area contributed by atoms with Crippen LogP contribution in [0.25, 0.3) is 11.3 Å². The Labute approximate surface area is 205 Å². The number of unbranched alkanes of at least 4 members (excludes halogenated alkanes) is 4. The number of rotatable bonds is 13. The third kappa shape index (κ3) is 7.99. The molecule has 1 nitrogen and oxygen atoms in total. The highest BCUT2D eigenvalue weighted by Crippen LogP contribution is 2.20. The third-order valence-electron chi connectivity index (χ3n) is 6.62. The fourth-order valence-corrected chi connectivity index (χ4v) is 4.54. The van der Waals surface area contributed by atoms with Crippen LogP contribution < -0.4 is 0 Å². The Bertz CT molecular complexity index is 976. The van der Waals surface area contributed by atoms with Crippen molar-refractivity contribution in [2.75, 3.05) is 0 Å². The first-order valence-electron chi connectivity index (χ1n) is 13.0. The van der Waals surface area contributed by atoms with Crippen LogP contribution in [0.1, 0.15) is 60.8 Å². The summed E-state index contributed by atoms with van der Waals surface area (Å²) < 4.78 is 0. The molecule has 0 unspecified atom stereocenters. The van der Waals surface area contributed by atoms with E-state index in [1.54, 1.807) is 0 Å². The quantitative estimate of drug-likeness (QED) is 0.187. The summed E-state index contributed by atoms with van der Waals surface area (Å²) in [6, 6.07) is 35.0. The summed E-state index contributed by atoms with van der Waals surface area (Å²) in [6.45, 7) is 0. The number of hydrogen-bond acceptors (Lipinski definition) is 1. The maximum absolute atomic E-state index is 4.74. The molecule has 0 spiro atoms. The number of benzene rings is 3. The first-order chi connectivity index (χ1) is 16.9. The highest BCUT2D eigenvalue weighted by Gasteiger charge is 2.02. The van der Waals surface area contributed by atoms with Crippen molar-refractivity contribution in [2.45, 2.75) is 64.2 Å². The molecule has 0 saturated heterocycles. The van der Waals surface area contributed by atoms with E-state index in [4.69, 9.17) is 4.98 Å². The van der Waals surface area contributed by atoms with Crippen molar-refractivity contribution in [3.63, 3.8) is 0 Å². The lowest BCUT2D eigenvalue weighted by Gasteiger charge is -2.06. The Balaban J connectivity index is 1.14. The van der Waals surface area contributed by atoms with E-state index in [0.29, 0.717) is 0 Å². The average Bonchev–Trinajstić information content (AvgIpc) is 2.90. The number of aromatic nitrogens is 1. The number of pyridine rings is 1. The molecule has 1 heteroatoms. The van der Waals surface area contributed by atoms with Crippen LogP contribution >= 0.6 is 0 Å². The van der Waals surface area contributed by atoms with Crippen molar-refractivity contribution < 1.29 is 0 Å². The Morgan fingerprint density at radius 1 is 0.382 bits per heavy atom. The van der Waals surface area contributed by atoms with E-state index < -0.39 is 0 Å². The second-order valence-electron chi connectivity index (χ2n) is 9.34. The second-order valence-corrected chi connectivity index (χ2v) is 9.34. The van der Waals surface area contributed by atoms with Crippen molar-refractivity contribution in [3.05, 3.63) is 126 Å². The van der Waals surface area contributed by atoms with Gasteiger partial charge in [0.05, 0.1) is 5.69 Å². The predicted octanol–water partition coefficient (Wildman–Crippen LogP) is 8.66. The summed E-state index contributed by atoms with van der Waals surface area (Å²) in [5, 5.41) is 0. The van der Waals surface area contributed by atoms with E-state index in [0.717, 1.165) is 18.5 Å². The summed E-state index contributed by atoms with van der Waals surface area (Å²) in [4.78, 5) is 4.74. The summed E-state index contributed by atoms with van der Waals surface area (Å²) in [5.74, 6) is 0. The first kappa shape index (κ1) is 24.0. The van der Waals surface area contributed by atoms with Crippen molar-refractivity contribution in [2.24, 2.45) is 0 Å². The van der Waals surface area contributed by atoms with E-state index in [1.165, 1.54) is 79.2 Å². The standard InChI is InChI=1S/C33H37N/c1-5-13-28(14-6-1)17-9-3-11-19-30-21-24-32(25-22-30)33-26-23-31(27-34-33)20-12-4-10-18-29-15-7-2-8-16-29/h1-2,5-8,13-16,21-27H,3-4,9-12,17-20H2. The summed E-state index contributed by atoms with van der Waals surface area (Å²) in [7, 11) is 0. The zero-order chi connectivity index (χ0) is 23.3. The Hall–Kier alpha value is -3.19. The van der Waals surface area contributed by atoms with Crippen LogP contribution in [0.15, 0.2) is 103 Å². The van der Waals surface area contributed by atoms with Crippen molar-refractivity contribution >= 4 is 0 Å². The summed E-state index contributed by atoms with van der Waals surface area (Å²) in [6.07, 6.45) is 14.3. The molecular formula is C33H37N. The van der Waals surface area contributed by atoms with E-state index in [-0.39, 0.29) is 0 Å². The fraction of sp³-hybridized carbons (Fsp3) is 0.303. The molecule has 0 fully saturated rings. The molecule has 1 aromatic heterocycles. The van der Waals surface area contributed by atoms with Gasteiger partial charge >= 0.3 is 0 Å². The molecule has 0 aliphatic carbocycles. The normalized spacial score (nSPS) is 10.9. The summed E-state index contributed by atoms with van der Waals surface area (Å²) >= 11 is 0. The molecule has 34 heavy (non-hydrogen) atoms. The minimum atomic E-state index is 1.07. The zero-order valence-corrected chi connectivity index (χ0v) is 20.3. The number of aryl methyl sites for hydroxylation is 4. The monoisotopic (exact) mass is 447 g/mol. The molecule has 0 N–H and O–H groups in total. The van der Waals surface area contributed by atoms with E-state index in [1.807, 2.05) is 0 Å². The third-order valence-corrected chi connectivity index (χ3v) is 6.62. The minimum absolute atomic E-state index is 1.07. The van der Waals surface area contributed by atoms with Crippen LogP contribution in [-0.2, 0) is 25.7 Å². The highest BCUT2D eigenvalue weighted by atomic mass is 14.7. The van der Waals surface area contributed by atoms with Gasteiger partial charge < -0.3 is 0 Å². The molecular weight excluding hydrogens is 410 g/mol. The van der Waals surface area contributed by atoms with Crippen molar-refractivity contribution in [1.82, 2.24) is 4.98 Å². The second kappa shape index (κ2) is 13.5. The van der Waals surface area contributed by atoms with E-state index >= 15 is 0 Å². The molecule has 4 rings (SSSR count). The van der Waals surface area contributed by atoms with Gasteiger partial charge in [0.15, 0.2) is 0 Å². The van der Waals surface area contributed by atoms with E-state index in [2.05, 4.69) is 103 Å². The molecule has 4 aromatic rings. The maximum Gasteiger partial charge on any atom is 0.0702 e. The number of nitrogens with zero attached hydrogens (tertiary/aromatic N) is 1.